The lowest BCUT2D eigenvalue weighted by Crippen LogP contribution is -2.30. The van der Waals surface area contributed by atoms with Crippen LogP contribution in [0.2, 0.25) is 0 Å². The first-order valence-corrected chi connectivity index (χ1v) is 10.9. The molecule has 4 rings (SSSR count). The van der Waals surface area contributed by atoms with Crippen LogP contribution < -0.4 is 5.32 Å². The number of esters is 1. The summed E-state index contributed by atoms with van der Waals surface area (Å²) in [5, 5.41) is 4.03. The van der Waals surface area contributed by atoms with Gasteiger partial charge in [-0.3, -0.25) is 5.32 Å². The molecule has 0 fully saturated rings. The molecule has 1 aromatic heterocycles. The molecule has 0 amide bonds. The lowest BCUT2D eigenvalue weighted by molar-refractivity contribution is -0.143. The maximum Gasteiger partial charge on any atom is 0.416 e. The first kappa shape index (κ1) is 23.6. The summed E-state index contributed by atoms with van der Waals surface area (Å²) in [6.45, 7) is 2.64. The van der Waals surface area contributed by atoms with E-state index in [1.54, 1.807) is 6.07 Å². The zero-order chi connectivity index (χ0) is 24.3. The summed E-state index contributed by atoms with van der Waals surface area (Å²) >= 11 is 0. The van der Waals surface area contributed by atoms with Gasteiger partial charge in [0.2, 0.25) is 0 Å². The van der Waals surface area contributed by atoms with Gasteiger partial charge in [0.1, 0.15) is 6.04 Å². The number of carbonyl (C=O) groups excluding carboxylic acids is 1. The average Bonchev–Trinajstić information content (AvgIpc) is 3.11. The fraction of sp³-hybridized carbons (Fsp3) is 0.222. The number of halogens is 3. The van der Waals surface area contributed by atoms with Gasteiger partial charge in [-0.25, -0.2) is 4.79 Å². The van der Waals surface area contributed by atoms with E-state index >= 15 is 0 Å². The molecule has 4 aromatic rings. The topological polar surface area (TPSA) is 43.3 Å². The number of para-hydroxylation sites is 1. The summed E-state index contributed by atoms with van der Waals surface area (Å²) in [5.74, 6) is -0.502. The van der Waals surface area contributed by atoms with E-state index in [9.17, 15) is 18.0 Å². The molecule has 7 heteroatoms. The first-order chi connectivity index (χ1) is 16.3. The van der Waals surface area contributed by atoms with E-state index in [0.29, 0.717) is 12.1 Å². The predicted molar refractivity (Wildman–Crippen MR) is 125 cm³/mol. The highest BCUT2D eigenvalue weighted by Gasteiger charge is 2.31. The second-order valence-corrected chi connectivity index (χ2v) is 8.12. The quantitative estimate of drug-likeness (QED) is 0.339. The van der Waals surface area contributed by atoms with E-state index in [1.807, 2.05) is 61.5 Å². The third kappa shape index (κ3) is 4.84. The highest BCUT2D eigenvalue weighted by Crippen LogP contribution is 2.33. The van der Waals surface area contributed by atoms with Crippen LogP contribution in [0.4, 0.5) is 13.2 Å². The summed E-state index contributed by atoms with van der Waals surface area (Å²) < 4.78 is 46.6. The first-order valence-electron chi connectivity index (χ1n) is 10.9. The Morgan fingerprint density at radius 2 is 1.65 bits per heavy atom. The second kappa shape index (κ2) is 9.73. The molecule has 0 radical (unpaired) electrons. The zero-order valence-corrected chi connectivity index (χ0v) is 18.9. The SMILES string of the molecule is COC(=O)C(NCc1cccc(C(F)(F)F)c1)c1c(C)n(Cc2ccccc2)c2ccccc12. The monoisotopic (exact) mass is 466 g/mol. The van der Waals surface area contributed by atoms with E-state index in [-0.39, 0.29) is 6.54 Å². The zero-order valence-electron chi connectivity index (χ0n) is 18.9. The number of methoxy groups -OCH3 is 1. The van der Waals surface area contributed by atoms with Crippen LogP contribution in [0.1, 0.15) is 34.0 Å². The normalized spacial score (nSPS) is 12.6. The molecule has 34 heavy (non-hydrogen) atoms. The maximum atomic E-state index is 13.1. The van der Waals surface area contributed by atoms with Gasteiger partial charge >= 0.3 is 12.1 Å². The van der Waals surface area contributed by atoms with Crippen LogP contribution >= 0.6 is 0 Å². The van der Waals surface area contributed by atoms with Crippen molar-refractivity contribution in [2.24, 2.45) is 0 Å². The van der Waals surface area contributed by atoms with Crippen molar-refractivity contribution in [2.45, 2.75) is 32.2 Å². The molecule has 1 heterocycles. The Hall–Kier alpha value is -3.58. The maximum absolute atomic E-state index is 13.1. The summed E-state index contributed by atoms with van der Waals surface area (Å²) in [6.07, 6.45) is -4.43. The summed E-state index contributed by atoms with van der Waals surface area (Å²) in [7, 11) is 1.31. The van der Waals surface area contributed by atoms with Gasteiger partial charge in [0, 0.05) is 35.2 Å². The fourth-order valence-corrected chi connectivity index (χ4v) is 4.29. The van der Waals surface area contributed by atoms with Crippen LogP contribution in [0.15, 0.2) is 78.9 Å². The second-order valence-electron chi connectivity index (χ2n) is 8.12. The molecule has 0 saturated carbocycles. The number of fused-ring (bicyclic) bond motifs is 1. The van der Waals surface area contributed by atoms with E-state index in [4.69, 9.17) is 4.74 Å². The van der Waals surface area contributed by atoms with Crippen molar-refractivity contribution in [3.8, 4) is 0 Å². The summed E-state index contributed by atoms with van der Waals surface area (Å²) in [6, 6.07) is 22.0. The Morgan fingerprint density at radius 3 is 2.35 bits per heavy atom. The van der Waals surface area contributed by atoms with Crippen LogP contribution in [0.3, 0.4) is 0 Å². The molecule has 0 bridgehead atoms. The van der Waals surface area contributed by atoms with Crippen molar-refractivity contribution < 1.29 is 22.7 Å². The number of carbonyl (C=O) groups is 1. The molecule has 1 N–H and O–H groups in total. The number of alkyl halides is 3. The molecule has 3 aromatic carbocycles. The molecule has 0 spiro atoms. The van der Waals surface area contributed by atoms with Gasteiger partial charge in [-0.2, -0.15) is 13.2 Å². The summed E-state index contributed by atoms with van der Waals surface area (Å²) in [5.41, 5.74) is 3.42. The third-order valence-corrected chi connectivity index (χ3v) is 5.95. The molecule has 4 nitrogen and oxygen atoms in total. The van der Waals surface area contributed by atoms with Crippen molar-refractivity contribution >= 4 is 16.9 Å². The minimum absolute atomic E-state index is 0.0708. The molecule has 0 aliphatic carbocycles. The highest BCUT2D eigenvalue weighted by molar-refractivity contribution is 5.91. The lowest BCUT2D eigenvalue weighted by Gasteiger charge is -2.18. The van der Waals surface area contributed by atoms with Gasteiger partial charge in [0.05, 0.1) is 12.7 Å². The molecule has 176 valence electrons. The molecule has 1 unspecified atom stereocenters. The van der Waals surface area contributed by atoms with Gasteiger partial charge in [0.15, 0.2) is 0 Å². The number of nitrogens with one attached hydrogen (secondary N) is 1. The number of ether oxygens (including phenoxy) is 1. The van der Waals surface area contributed by atoms with Gasteiger partial charge in [0.25, 0.3) is 0 Å². The Kier molecular flexibility index (Phi) is 6.75. The predicted octanol–water partition coefficient (Wildman–Crippen LogP) is 6.02. The van der Waals surface area contributed by atoms with E-state index < -0.39 is 23.8 Å². The smallest absolute Gasteiger partial charge is 0.416 e. The van der Waals surface area contributed by atoms with Crippen LogP contribution in [0.25, 0.3) is 10.9 Å². The van der Waals surface area contributed by atoms with Crippen LogP contribution in [0.5, 0.6) is 0 Å². The number of hydrogen-bond acceptors (Lipinski definition) is 3. The third-order valence-electron chi connectivity index (χ3n) is 5.95. The lowest BCUT2D eigenvalue weighted by atomic mass is 10.0. The number of rotatable bonds is 7. The molecular weight excluding hydrogens is 441 g/mol. The fourth-order valence-electron chi connectivity index (χ4n) is 4.29. The summed E-state index contributed by atoms with van der Waals surface area (Å²) in [4.78, 5) is 12.8. The average molecular weight is 467 g/mol. The number of hydrogen-bond donors (Lipinski definition) is 1. The van der Waals surface area contributed by atoms with Crippen molar-refractivity contribution in [1.82, 2.24) is 9.88 Å². The molecule has 0 aliphatic heterocycles. The molecule has 1 atom stereocenters. The highest BCUT2D eigenvalue weighted by atomic mass is 19.4. The molecular formula is C27H25F3N2O2. The van der Waals surface area contributed by atoms with Gasteiger partial charge < -0.3 is 9.30 Å². The van der Waals surface area contributed by atoms with Crippen molar-refractivity contribution in [3.05, 3.63) is 107 Å². The van der Waals surface area contributed by atoms with E-state index in [1.165, 1.54) is 13.2 Å². The van der Waals surface area contributed by atoms with Crippen LogP contribution in [-0.2, 0) is 28.8 Å². The minimum atomic E-state index is -4.43. The molecule has 0 saturated heterocycles. The van der Waals surface area contributed by atoms with Gasteiger partial charge in [-0.15, -0.1) is 0 Å². The Labute approximate surface area is 196 Å². The van der Waals surface area contributed by atoms with E-state index in [2.05, 4.69) is 9.88 Å². The minimum Gasteiger partial charge on any atom is -0.468 e. The number of nitrogens with zero attached hydrogens (tertiary/aromatic N) is 1. The van der Waals surface area contributed by atoms with Crippen molar-refractivity contribution in [2.75, 3.05) is 7.11 Å². The van der Waals surface area contributed by atoms with Gasteiger partial charge in [-0.05, 0) is 30.2 Å². The van der Waals surface area contributed by atoms with Crippen LogP contribution in [-0.4, -0.2) is 17.6 Å². The largest absolute Gasteiger partial charge is 0.468 e. The van der Waals surface area contributed by atoms with Crippen LogP contribution in [0, 0.1) is 6.92 Å². The Balaban J connectivity index is 1.72. The number of aromatic nitrogens is 1. The van der Waals surface area contributed by atoms with Crippen molar-refractivity contribution in [3.63, 3.8) is 0 Å². The van der Waals surface area contributed by atoms with Gasteiger partial charge in [-0.1, -0.05) is 66.7 Å². The Bertz CT molecular complexity index is 1300. The molecule has 0 aliphatic rings. The Morgan fingerprint density at radius 1 is 0.971 bits per heavy atom. The standard InChI is InChI=1S/C27H25F3N2O2/c1-18-24(22-13-6-7-14-23(22)32(18)17-19-9-4-3-5-10-19)25(26(33)34-2)31-16-20-11-8-12-21(15-20)27(28,29)30/h3-15,25,31H,16-17H2,1-2H3. The number of benzene rings is 3. The van der Waals surface area contributed by atoms with E-state index in [0.717, 1.165) is 39.9 Å². The van der Waals surface area contributed by atoms with Crippen molar-refractivity contribution in [1.29, 1.82) is 0 Å².